The van der Waals surface area contributed by atoms with Gasteiger partial charge in [0.1, 0.15) is 11.6 Å². The Morgan fingerprint density at radius 2 is 2.05 bits per heavy atom. The molecule has 19 heavy (non-hydrogen) atoms. The van der Waals surface area contributed by atoms with Crippen molar-refractivity contribution in [2.45, 2.75) is 32.1 Å². The van der Waals surface area contributed by atoms with Crippen LogP contribution in [0.3, 0.4) is 0 Å². The Morgan fingerprint density at radius 3 is 2.68 bits per heavy atom. The van der Waals surface area contributed by atoms with Crippen LogP contribution < -0.4 is 5.32 Å². The van der Waals surface area contributed by atoms with Gasteiger partial charge in [-0.3, -0.25) is 0 Å². The van der Waals surface area contributed by atoms with E-state index in [2.05, 4.69) is 5.32 Å². The summed E-state index contributed by atoms with van der Waals surface area (Å²) in [5.74, 6) is -1.06. The molecule has 0 amide bonds. The molecule has 106 valence electrons. The largest absolute Gasteiger partial charge is 0.350 e. The molecule has 1 aliphatic heterocycles. The molecule has 0 aliphatic carbocycles. The Hall–Kier alpha value is -1.04. The van der Waals surface area contributed by atoms with E-state index in [4.69, 9.17) is 9.47 Å². The van der Waals surface area contributed by atoms with Gasteiger partial charge in [-0.2, -0.15) is 0 Å². The van der Waals surface area contributed by atoms with Gasteiger partial charge in [0.15, 0.2) is 6.29 Å². The van der Waals surface area contributed by atoms with Crippen molar-refractivity contribution in [2.75, 3.05) is 19.8 Å². The second-order valence-corrected chi connectivity index (χ2v) is 4.60. The normalized spacial score (nSPS) is 17.8. The number of nitrogens with one attached hydrogen (secondary N) is 1. The highest BCUT2D eigenvalue weighted by molar-refractivity contribution is 5.19. The summed E-state index contributed by atoms with van der Waals surface area (Å²) in [5, 5.41) is 3.28. The summed E-state index contributed by atoms with van der Waals surface area (Å²) < 4.78 is 37.3. The quantitative estimate of drug-likeness (QED) is 0.861. The van der Waals surface area contributed by atoms with E-state index < -0.39 is 11.6 Å². The fourth-order valence-electron chi connectivity index (χ4n) is 2.26. The standard InChI is InChI=1S/C14H19F2NO2/c1-2-17-12(9-14-18-5-6-19-14)7-10-3-4-11(15)8-13(10)16/h3-4,8,12,14,17H,2,5-7,9H2,1H3. The van der Waals surface area contributed by atoms with Crippen molar-refractivity contribution in [3.05, 3.63) is 35.4 Å². The first-order valence-corrected chi connectivity index (χ1v) is 6.59. The molecule has 1 aliphatic rings. The van der Waals surface area contributed by atoms with Crippen LogP contribution in [0.4, 0.5) is 8.78 Å². The summed E-state index contributed by atoms with van der Waals surface area (Å²) in [4.78, 5) is 0. The smallest absolute Gasteiger partial charge is 0.159 e. The zero-order chi connectivity index (χ0) is 13.7. The average molecular weight is 271 g/mol. The van der Waals surface area contributed by atoms with E-state index >= 15 is 0 Å². The van der Waals surface area contributed by atoms with Crippen LogP contribution in [0, 0.1) is 11.6 Å². The molecule has 3 nitrogen and oxygen atoms in total. The summed E-state index contributed by atoms with van der Waals surface area (Å²) in [6, 6.07) is 3.74. The monoisotopic (exact) mass is 271 g/mol. The number of halogens is 2. The first-order chi connectivity index (χ1) is 9.19. The van der Waals surface area contributed by atoms with E-state index in [-0.39, 0.29) is 12.3 Å². The molecular weight excluding hydrogens is 252 g/mol. The Morgan fingerprint density at radius 1 is 1.32 bits per heavy atom. The number of rotatable bonds is 6. The molecule has 1 atom stereocenters. The van der Waals surface area contributed by atoms with Gasteiger partial charge in [0.25, 0.3) is 0 Å². The third-order valence-corrected chi connectivity index (χ3v) is 3.14. The Balaban J connectivity index is 1.98. The molecule has 0 saturated carbocycles. The highest BCUT2D eigenvalue weighted by Crippen LogP contribution is 2.16. The summed E-state index contributed by atoms with van der Waals surface area (Å²) in [6.45, 7) is 3.98. The van der Waals surface area contributed by atoms with E-state index in [0.717, 1.165) is 12.6 Å². The molecule has 1 unspecified atom stereocenters. The first-order valence-electron chi connectivity index (χ1n) is 6.59. The van der Waals surface area contributed by atoms with Crippen LogP contribution in [0.15, 0.2) is 18.2 Å². The first kappa shape index (κ1) is 14.4. The van der Waals surface area contributed by atoms with Crippen LogP contribution in [-0.4, -0.2) is 32.1 Å². The summed E-state index contributed by atoms with van der Waals surface area (Å²) in [5.41, 5.74) is 0.505. The predicted molar refractivity (Wildman–Crippen MR) is 67.8 cm³/mol. The fraction of sp³-hybridized carbons (Fsp3) is 0.571. The molecule has 0 spiro atoms. The molecule has 1 fully saturated rings. The lowest BCUT2D eigenvalue weighted by Crippen LogP contribution is -2.35. The lowest BCUT2D eigenvalue weighted by molar-refractivity contribution is -0.0526. The molecule has 5 heteroatoms. The van der Waals surface area contributed by atoms with Crippen molar-refractivity contribution in [3.8, 4) is 0 Å². The Kier molecular flexibility index (Phi) is 5.24. The summed E-state index contributed by atoms with van der Waals surface area (Å²) >= 11 is 0. The topological polar surface area (TPSA) is 30.5 Å². The SMILES string of the molecule is CCNC(Cc1ccc(F)cc1F)CC1OCCO1. The van der Waals surface area contributed by atoms with Crippen molar-refractivity contribution in [1.29, 1.82) is 0 Å². The molecule has 1 aromatic carbocycles. The van der Waals surface area contributed by atoms with Crippen LogP contribution in [0.25, 0.3) is 0 Å². The lowest BCUT2D eigenvalue weighted by atomic mass is 10.0. The Bertz CT molecular complexity index is 408. The minimum absolute atomic E-state index is 0.0491. The number of hydrogen-bond acceptors (Lipinski definition) is 3. The van der Waals surface area contributed by atoms with E-state index in [1.54, 1.807) is 0 Å². The van der Waals surface area contributed by atoms with Crippen molar-refractivity contribution < 1.29 is 18.3 Å². The molecule has 0 aromatic heterocycles. The number of benzene rings is 1. The maximum absolute atomic E-state index is 13.6. The van der Waals surface area contributed by atoms with Crippen LogP contribution in [0.2, 0.25) is 0 Å². The van der Waals surface area contributed by atoms with Gasteiger partial charge in [-0.1, -0.05) is 13.0 Å². The maximum Gasteiger partial charge on any atom is 0.159 e. The second kappa shape index (κ2) is 6.93. The number of ether oxygens (including phenoxy) is 2. The van der Waals surface area contributed by atoms with Gasteiger partial charge in [0, 0.05) is 18.5 Å². The molecule has 1 N–H and O–H groups in total. The van der Waals surface area contributed by atoms with Crippen LogP contribution in [-0.2, 0) is 15.9 Å². The van der Waals surface area contributed by atoms with E-state index in [9.17, 15) is 8.78 Å². The van der Waals surface area contributed by atoms with Crippen LogP contribution in [0.1, 0.15) is 18.9 Å². The van der Waals surface area contributed by atoms with Gasteiger partial charge in [-0.25, -0.2) is 8.78 Å². The minimum Gasteiger partial charge on any atom is -0.350 e. The van der Waals surface area contributed by atoms with Gasteiger partial charge >= 0.3 is 0 Å². The minimum atomic E-state index is -0.552. The molecule has 0 bridgehead atoms. The van der Waals surface area contributed by atoms with Crippen LogP contribution >= 0.6 is 0 Å². The van der Waals surface area contributed by atoms with Crippen molar-refractivity contribution >= 4 is 0 Å². The highest BCUT2D eigenvalue weighted by Gasteiger charge is 2.22. The van der Waals surface area contributed by atoms with Crippen LogP contribution in [0.5, 0.6) is 0 Å². The van der Waals surface area contributed by atoms with Gasteiger partial charge < -0.3 is 14.8 Å². The van der Waals surface area contributed by atoms with Crippen molar-refractivity contribution in [1.82, 2.24) is 5.32 Å². The third-order valence-electron chi connectivity index (χ3n) is 3.14. The molecular formula is C14H19F2NO2. The summed E-state index contributed by atoms with van der Waals surface area (Å²) in [6.07, 6.45) is 0.918. The van der Waals surface area contributed by atoms with E-state index in [0.29, 0.717) is 31.6 Å². The fourth-order valence-corrected chi connectivity index (χ4v) is 2.26. The molecule has 1 saturated heterocycles. The number of likely N-dealkylation sites (N-methyl/N-ethyl adjacent to an activating group) is 1. The molecule has 1 heterocycles. The Labute approximate surface area is 111 Å². The highest BCUT2D eigenvalue weighted by atomic mass is 19.1. The van der Waals surface area contributed by atoms with Gasteiger partial charge in [0.05, 0.1) is 13.2 Å². The van der Waals surface area contributed by atoms with E-state index in [1.165, 1.54) is 12.1 Å². The predicted octanol–water partition coefficient (Wildman–Crippen LogP) is 2.25. The zero-order valence-electron chi connectivity index (χ0n) is 11.0. The third kappa shape index (κ3) is 4.23. The van der Waals surface area contributed by atoms with Crippen molar-refractivity contribution in [3.63, 3.8) is 0 Å². The van der Waals surface area contributed by atoms with Gasteiger partial charge in [-0.15, -0.1) is 0 Å². The van der Waals surface area contributed by atoms with Crippen molar-refractivity contribution in [2.24, 2.45) is 0 Å². The van der Waals surface area contributed by atoms with E-state index in [1.807, 2.05) is 6.92 Å². The molecule has 2 rings (SSSR count). The zero-order valence-corrected chi connectivity index (χ0v) is 11.0. The molecule has 0 radical (unpaired) electrons. The molecule has 1 aromatic rings. The lowest BCUT2D eigenvalue weighted by Gasteiger charge is -2.21. The summed E-state index contributed by atoms with van der Waals surface area (Å²) in [7, 11) is 0. The number of hydrogen-bond donors (Lipinski definition) is 1. The average Bonchev–Trinajstić information content (AvgIpc) is 2.86. The van der Waals surface area contributed by atoms with Gasteiger partial charge in [-0.05, 0) is 24.6 Å². The second-order valence-electron chi connectivity index (χ2n) is 4.60. The van der Waals surface area contributed by atoms with Gasteiger partial charge in [0.2, 0.25) is 0 Å². The maximum atomic E-state index is 13.6.